The number of halogens is 2. The van der Waals surface area contributed by atoms with Gasteiger partial charge in [-0.2, -0.15) is 0 Å². The molecule has 0 aliphatic heterocycles. The van der Waals surface area contributed by atoms with Gasteiger partial charge < -0.3 is 10.1 Å². The second kappa shape index (κ2) is 6.25. The maximum atomic E-state index is 13.5. The molecule has 0 saturated carbocycles. The molecule has 0 saturated heterocycles. The molecule has 1 N–H and O–H groups in total. The lowest BCUT2D eigenvalue weighted by Crippen LogP contribution is -2.19. The summed E-state index contributed by atoms with van der Waals surface area (Å²) in [4.78, 5) is 9.57. The van der Waals surface area contributed by atoms with Gasteiger partial charge in [0.15, 0.2) is 11.6 Å². The summed E-state index contributed by atoms with van der Waals surface area (Å²) in [7, 11) is 1.53. The van der Waals surface area contributed by atoms with Crippen LogP contribution in [0.2, 0.25) is 0 Å². The van der Waals surface area contributed by atoms with Crippen LogP contribution in [0.15, 0.2) is 12.1 Å². The molecular weight excluding hydrogens is 246 g/mol. The lowest BCUT2D eigenvalue weighted by molar-refractivity contribution is -0.385. The smallest absolute Gasteiger partial charge is 0.275 e. The fourth-order valence-corrected chi connectivity index (χ4v) is 1.42. The van der Waals surface area contributed by atoms with E-state index in [9.17, 15) is 18.9 Å². The summed E-state index contributed by atoms with van der Waals surface area (Å²) in [5, 5.41) is 13.0. The molecule has 0 bridgehead atoms. The average Bonchev–Trinajstić information content (AvgIpc) is 2.30. The Kier molecular flexibility index (Phi) is 4.96. The predicted octanol–water partition coefficient (Wildman–Crippen LogP) is 2.71. The number of methoxy groups -OCH3 is 1. The van der Waals surface area contributed by atoms with Crippen molar-refractivity contribution in [3.05, 3.63) is 33.9 Å². The fourth-order valence-electron chi connectivity index (χ4n) is 1.42. The molecule has 0 aromatic heterocycles. The van der Waals surface area contributed by atoms with Crippen LogP contribution in [-0.2, 0) is 4.74 Å². The zero-order valence-electron chi connectivity index (χ0n) is 10.1. The lowest BCUT2D eigenvalue weighted by atomic mass is 10.2. The first-order valence-corrected chi connectivity index (χ1v) is 5.34. The zero-order chi connectivity index (χ0) is 13.7. The molecule has 0 aliphatic carbocycles. The molecule has 0 aliphatic rings. The molecule has 7 heteroatoms. The first-order chi connectivity index (χ1) is 8.45. The highest BCUT2D eigenvalue weighted by Crippen LogP contribution is 2.25. The van der Waals surface area contributed by atoms with Gasteiger partial charge in [-0.25, -0.2) is 8.78 Å². The van der Waals surface area contributed by atoms with Gasteiger partial charge in [-0.05, 0) is 13.3 Å². The van der Waals surface area contributed by atoms with E-state index in [4.69, 9.17) is 4.74 Å². The highest BCUT2D eigenvalue weighted by Gasteiger charge is 2.18. The Hall–Kier alpha value is -1.76. The highest BCUT2D eigenvalue weighted by atomic mass is 19.1. The van der Waals surface area contributed by atoms with E-state index < -0.39 is 22.2 Å². The lowest BCUT2D eigenvalue weighted by Gasteiger charge is -2.15. The number of benzene rings is 1. The predicted molar refractivity (Wildman–Crippen MR) is 62.6 cm³/mol. The molecule has 0 amide bonds. The molecule has 100 valence electrons. The van der Waals surface area contributed by atoms with E-state index in [1.807, 2.05) is 0 Å². The number of hydrogen-bond acceptors (Lipinski definition) is 4. The summed E-state index contributed by atoms with van der Waals surface area (Å²) in [6.07, 6.45) is 0.562. The average molecular weight is 260 g/mol. The van der Waals surface area contributed by atoms with Crippen molar-refractivity contribution in [1.82, 2.24) is 0 Å². The second-order valence-corrected chi connectivity index (χ2v) is 3.87. The van der Waals surface area contributed by atoms with Crippen LogP contribution < -0.4 is 5.32 Å². The Balaban J connectivity index is 2.86. The van der Waals surface area contributed by atoms with Crippen LogP contribution in [0.1, 0.15) is 13.3 Å². The molecule has 0 heterocycles. The van der Waals surface area contributed by atoms with Crippen molar-refractivity contribution in [3.8, 4) is 0 Å². The number of nitro benzene ring substituents is 1. The minimum atomic E-state index is -0.981. The molecule has 0 spiro atoms. The first kappa shape index (κ1) is 14.3. The van der Waals surface area contributed by atoms with Gasteiger partial charge in [0, 0.05) is 19.8 Å². The van der Waals surface area contributed by atoms with Crippen molar-refractivity contribution >= 4 is 11.4 Å². The molecule has 1 aromatic rings. The van der Waals surface area contributed by atoms with Gasteiger partial charge in [-0.15, -0.1) is 0 Å². The third kappa shape index (κ3) is 3.63. The van der Waals surface area contributed by atoms with Crippen molar-refractivity contribution in [1.29, 1.82) is 0 Å². The van der Waals surface area contributed by atoms with Gasteiger partial charge in [0.25, 0.3) is 5.69 Å². The largest absolute Gasteiger partial charge is 0.385 e. The Labute approximate surface area is 103 Å². The summed E-state index contributed by atoms with van der Waals surface area (Å²) in [5.74, 6) is -1.96. The Morgan fingerprint density at radius 3 is 2.44 bits per heavy atom. The van der Waals surface area contributed by atoms with E-state index in [0.717, 1.165) is 0 Å². The van der Waals surface area contributed by atoms with E-state index in [0.29, 0.717) is 25.2 Å². The standard InChI is InChI=1S/C11H14F2N2O3/c1-7(3-4-18-2)14-11-9(12)5-8(15(16)17)6-10(11)13/h5-7,14H,3-4H2,1-2H3. The van der Waals surface area contributed by atoms with Gasteiger partial charge in [-0.1, -0.05) is 0 Å². The molecule has 18 heavy (non-hydrogen) atoms. The monoisotopic (exact) mass is 260 g/mol. The van der Waals surface area contributed by atoms with E-state index in [-0.39, 0.29) is 11.7 Å². The molecule has 0 radical (unpaired) electrons. The maximum absolute atomic E-state index is 13.5. The summed E-state index contributed by atoms with van der Waals surface area (Å²) >= 11 is 0. The normalized spacial score (nSPS) is 12.2. The SMILES string of the molecule is COCCC(C)Nc1c(F)cc([N+](=O)[O-])cc1F. The first-order valence-electron chi connectivity index (χ1n) is 5.34. The van der Waals surface area contributed by atoms with Gasteiger partial charge in [0.1, 0.15) is 5.69 Å². The number of nitrogens with one attached hydrogen (secondary N) is 1. The van der Waals surface area contributed by atoms with Crippen LogP contribution >= 0.6 is 0 Å². The van der Waals surface area contributed by atoms with Crippen LogP contribution in [0.3, 0.4) is 0 Å². The third-order valence-corrected chi connectivity index (χ3v) is 2.38. The van der Waals surface area contributed by atoms with Crippen molar-refractivity contribution in [3.63, 3.8) is 0 Å². The molecule has 1 atom stereocenters. The van der Waals surface area contributed by atoms with Crippen molar-refractivity contribution < 1.29 is 18.4 Å². The van der Waals surface area contributed by atoms with Gasteiger partial charge in [0.2, 0.25) is 0 Å². The third-order valence-electron chi connectivity index (χ3n) is 2.38. The van der Waals surface area contributed by atoms with Crippen LogP contribution in [0.5, 0.6) is 0 Å². The highest BCUT2D eigenvalue weighted by molar-refractivity contribution is 5.52. The van der Waals surface area contributed by atoms with Crippen LogP contribution in [0.25, 0.3) is 0 Å². The van der Waals surface area contributed by atoms with E-state index in [1.165, 1.54) is 7.11 Å². The van der Waals surface area contributed by atoms with Gasteiger partial charge in [0.05, 0.1) is 17.1 Å². The van der Waals surface area contributed by atoms with Crippen LogP contribution in [0, 0.1) is 21.7 Å². The molecule has 1 unspecified atom stereocenters. The fraction of sp³-hybridized carbons (Fsp3) is 0.455. The number of nitro groups is 1. The van der Waals surface area contributed by atoms with Crippen LogP contribution in [-0.4, -0.2) is 24.7 Å². The summed E-state index contributed by atoms with van der Waals surface area (Å²) in [5.41, 5.74) is -0.968. The molecule has 5 nitrogen and oxygen atoms in total. The topological polar surface area (TPSA) is 64.4 Å². The molecule has 0 fully saturated rings. The molecule has 1 rings (SSSR count). The van der Waals surface area contributed by atoms with Gasteiger partial charge in [-0.3, -0.25) is 10.1 Å². The Bertz CT molecular complexity index is 417. The van der Waals surface area contributed by atoms with Crippen molar-refractivity contribution in [2.24, 2.45) is 0 Å². The quantitative estimate of drug-likeness (QED) is 0.631. The van der Waals surface area contributed by atoms with E-state index in [1.54, 1.807) is 6.92 Å². The number of non-ortho nitro benzene ring substituents is 1. The van der Waals surface area contributed by atoms with E-state index in [2.05, 4.69) is 5.32 Å². The summed E-state index contributed by atoms with van der Waals surface area (Å²) in [6.45, 7) is 2.18. The maximum Gasteiger partial charge on any atom is 0.275 e. The molecule has 1 aromatic carbocycles. The number of hydrogen-bond donors (Lipinski definition) is 1. The van der Waals surface area contributed by atoms with Crippen LogP contribution in [0.4, 0.5) is 20.2 Å². The van der Waals surface area contributed by atoms with Crippen molar-refractivity contribution in [2.45, 2.75) is 19.4 Å². The summed E-state index contributed by atoms with van der Waals surface area (Å²) in [6, 6.07) is 1.17. The van der Waals surface area contributed by atoms with Crippen molar-refractivity contribution in [2.75, 3.05) is 19.0 Å². The number of ether oxygens (including phenoxy) is 1. The van der Waals surface area contributed by atoms with Gasteiger partial charge >= 0.3 is 0 Å². The number of nitrogens with zero attached hydrogens (tertiary/aromatic N) is 1. The second-order valence-electron chi connectivity index (χ2n) is 3.87. The Morgan fingerprint density at radius 1 is 1.44 bits per heavy atom. The minimum Gasteiger partial charge on any atom is -0.385 e. The number of rotatable bonds is 6. The minimum absolute atomic E-state index is 0.213. The summed E-state index contributed by atoms with van der Waals surface area (Å²) < 4.78 is 31.9. The molecular formula is C11H14F2N2O3. The number of anilines is 1. The van der Waals surface area contributed by atoms with E-state index >= 15 is 0 Å². The zero-order valence-corrected chi connectivity index (χ0v) is 10.1. The Morgan fingerprint density at radius 2 is 2.00 bits per heavy atom.